The van der Waals surface area contributed by atoms with E-state index in [1.807, 2.05) is 24.4 Å². The summed E-state index contributed by atoms with van der Waals surface area (Å²) in [6.07, 6.45) is 0. The van der Waals surface area contributed by atoms with Crippen LogP contribution in [-0.2, 0) is 13.2 Å². The Bertz CT molecular complexity index is 961. The van der Waals surface area contributed by atoms with Gasteiger partial charge in [0.15, 0.2) is 0 Å². The number of thiazole rings is 1. The number of hydrogen-bond acceptors (Lipinski definition) is 5. The summed E-state index contributed by atoms with van der Waals surface area (Å²) in [4.78, 5) is 21.3. The van der Waals surface area contributed by atoms with Gasteiger partial charge in [-0.15, -0.1) is 11.3 Å². The lowest BCUT2D eigenvalue weighted by molar-refractivity contribution is 0.0730. The molecule has 1 amide bonds. The average Bonchev–Trinajstić information content (AvgIpc) is 3.18. The smallest absolute Gasteiger partial charge is 0.254 e. The van der Waals surface area contributed by atoms with Gasteiger partial charge in [-0.2, -0.15) is 0 Å². The van der Waals surface area contributed by atoms with Crippen molar-refractivity contribution >= 4 is 28.8 Å². The van der Waals surface area contributed by atoms with E-state index in [0.29, 0.717) is 36.8 Å². The Hall–Kier alpha value is -2.48. The van der Waals surface area contributed by atoms with E-state index in [-0.39, 0.29) is 11.7 Å². The van der Waals surface area contributed by atoms with E-state index in [4.69, 9.17) is 16.3 Å². The predicted molar refractivity (Wildman–Crippen MR) is 118 cm³/mol. The molecule has 0 N–H and O–H groups in total. The van der Waals surface area contributed by atoms with Gasteiger partial charge in [-0.25, -0.2) is 9.37 Å². The molecule has 0 spiro atoms. The molecule has 5 nitrogen and oxygen atoms in total. The Labute approximate surface area is 184 Å². The minimum absolute atomic E-state index is 0.149. The van der Waals surface area contributed by atoms with Crippen LogP contribution in [-0.4, -0.2) is 47.9 Å². The molecule has 0 aliphatic heterocycles. The number of benzene rings is 2. The third-order valence-corrected chi connectivity index (χ3v) is 5.45. The molecule has 0 aliphatic rings. The van der Waals surface area contributed by atoms with Crippen LogP contribution in [0.15, 0.2) is 53.9 Å². The fourth-order valence-corrected chi connectivity index (χ4v) is 3.53. The van der Waals surface area contributed by atoms with Gasteiger partial charge in [0.1, 0.15) is 23.2 Å². The third-order valence-electron chi connectivity index (χ3n) is 4.32. The first-order valence-corrected chi connectivity index (χ1v) is 10.7. The summed E-state index contributed by atoms with van der Waals surface area (Å²) in [7, 11) is 3.91. The standard InChI is InChI=1S/C22H23ClFN3O2S/c1-26(2)11-12-27(22(28)16-3-7-18(24)8-4-16)13-19-15-30-21(25-19)14-29-20-9-5-17(23)6-10-20/h3-10,15H,11-14H2,1-2H3. The van der Waals surface area contributed by atoms with Gasteiger partial charge in [0, 0.05) is 29.1 Å². The van der Waals surface area contributed by atoms with Crippen molar-refractivity contribution in [2.45, 2.75) is 13.2 Å². The average molecular weight is 448 g/mol. The number of amides is 1. The maximum absolute atomic E-state index is 13.2. The highest BCUT2D eigenvalue weighted by molar-refractivity contribution is 7.09. The number of likely N-dealkylation sites (N-methyl/N-ethyl adjacent to an activating group) is 1. The Balaban J connectivity index is 1.65. The number of carbonyl (C=O) groups excluding carboxylic acids is 1. The quantitative estimate of drug-likeness (QED) is 0.476. The Kier molecular flexibility index (Phi) is 7.79. The SMILES string of the molecule is CN(C)CCN(Cc1csc(COc2ccc(Cl)cc2)n1)C(=O)c1ccc(F)cc1. The molecule has 0 aliphatic carbocycles. The summed E-state index contributed by atoms with van der Waals surface area (Å²) in [5.41, 5.74) is 1.25. The molecular weight excluding hydrogens is 425 g/mol. The normalized spacial score (nSPS) is 11.0. The lowest BCUT2D eigenvalue weighted by Crippen LogP contribution is -2.36. The molecule has 158 valence electrons. The zero-order valence-electron chi connectivity index (χ0n) is 16.8. The Morgan fingerprint density at radius 2 is 1.80 bits per heavy atom. The molecule has 0 bridgehead atoms. The fourth-order valence-electron chi connectivity index (χ4n) is 2.71. The van der Waals surface area contributed by atoms with Crippen LogP contribution >= 0.6 is 22.9 Å². The lowest BCUT2D eigenvalue weighted by atomic mass is 10.2. The summed E-state index contributed by atoms with van der Waals surface area (Å²) in [6.45, 7) is 1.97. The van der Waals surface area contributed by atoms with Crippen molar-refractivity contribution in [2.24, 2.45) is 0 Å². The number of aromatic nitrogens is 1. The van der Waals surface area contributed by atoms with E-state index in [2.05, 4.69) is 4.98 Å². The van der Waals surface area contributed by atoms with Crippen LogP contribution in [0.1, 0.15) is 21.1 Å². The minimum Gasteiger partial charge on any atom is -0.486 e. The van der Waals surface area contributed by atoms with Crippen molar-refractivity contribution < 1.29 is 13.9 Å². The largest absolute Gasteiger partial charge is 0.486 e. The molecule has 2 aromatic carbocycles. The molecule has 1 aromatic heterocycles. The summed E-state index contributed by atoms with van der Waals surface area (Å²) in [5.74, 6) is 0.204. The van der Waals surface area contributed by atoms with Crippen molar-refractivity contribution in [3.8, 4) is 5.75 Å². The van der Waals surface area contributed by atoms with Gasteiger partial charge in [0.05, 0.1) is 12.2 Å². The van der Waals surface area contributed by atoms with Crippen molar-refractivity contribution in [3.05, 3.63) is 81.0 Å². The number of hydrogen-bond donors (Lipinski definition) is 0. The van der Waals surface area contributed by atoms with Crippen LogP contribution < -0.4 is 4.74 Å². The molecule has 0 unspecified atom stereocenters. The van der Waals surface area contributed by atoms with Gasteiger partial charge in [0.2, 0.25) is 0 Å². The zero-order chi connectivity index (χ0) is 21.5. The maximum atomic E-state index is 13.2. The van der Waals surface area contributed by atoms with Crippen molar-refractivity contribution in [1.82, 2.24) is 14.8 Å². The summed E-state index contributed by atoms with van der Waals surface area (Å²) < 4.78 is 18.9. The molecule has 1 heterocycles. The highest BCUT2D eigenvalue weighted by Crippen LogP contribution is 2.19. The summed E-state index contributed by atoms with van der Waals surface area (Å²) >= 11 is 7.37. The molecule has 0 radical (unpaired) electrons. The molecule has 3 aromatic rings. The van der Waals surface area contributed by atoms with E-state index in [1.165, 1.54) is 35.6 Å². The van der Waals surface area contributed by atoms with Crippen LogP contribution in [0.4, 0.5) is 4.39 Å². The number of ether oxygens (including phenoxy) is 1. The van der Waals surface area contributed by atoms with Crippen LogP contribution in [0.25, 0.3) is 0 Å². The molecule has 0 saturated carbocycles. The number of carbonyl (C=O) groups is 1. The van der Waals surface area contributed by atoms with E-state index >= 15 is 0 Å². The van der Waals surface area contributed by atoms with Crippen LogP contribution in [0, 0.1) is 5.82 Å². The number of halogens is 2. The fraction of sp³-hybridized carbons (Fsp3) is 0.273. The highest BCUT2D eigenvalue weighted by atomic mass is 35.5. The van der Waals surface area contributed by atoms with E-state index in [1.54, 1.807) is 29.2 Å². The first kappa shape index (κ1) is 22.2. The second-order valence-electron chi connectivity index (χ2n) is 7.01. The predicted octanol–water partition coefficient (Wildman–Crippen LogP) is 4.72. The zero-order valence-corrected chi connectivity index (χ0v) is 18.4. The Morgan fingerprint density at radius 1 is 1.10 bits per heavy atom. The summed E-state index contributed by atoms with van der Waals surface area (Å²) in [6, 6.07) is 12.8. The minimum atomic E-state index is -0.365. The topological polar surface area (TPSA) is 45.7 Å². The molecule has 8 heteroatoms. The van der Waals surface area contributed by atoms with Crippen molar-refractivity contribution in [3.63, 3.8) is 0 Å². The van der Waals surface area contributed by atoms with Gasteiger partial charge >= 0.3 is 0 Å². The Morgan fingerprint density at radius 3 is 2.47 bits per heavy atom. The molecule has 0 fully saturated rings. The van der Waals surface area contributed by atoms with Crippen molar-refractivity contribution in [2.75, 3.05) is 27.2 Å². The molecule has 0 saturated heterocycles. The first-order valence-electron chi connectivity index (χ1n) is 9.42. The molecule has 3 rings (SSSR count). The van der Waals surface area contributed by atoms with Crippen LogP contribution in [0.5, 0.6) is 5.75 Å². The van der Waals surface area contributed by atoms with E-state index < -0.39 is 0 Å². The third kappa shape index (κ3) is 6.52. The van der Waals surface area contributed by atoms with Crippen molar-refractivity contribution in [1.29, 1.82) is 0 Å². The van der Waals surface area contributed by atoms with Gasteiger partial charge in [-0.1, -0.05) is 11.6 Å². The van der Waals surface area contributed by atoms with Gasteiger partial charge in [-0.05, 0) is 62.6 Å². The van der Waals surface area contributed by atoms with Crippen LogP contribution in [0.2, 0.25) is 5.02 Å². The lowest BCUT2D eigenvalue weighted by Gasteiger charge is -2.24. The summed E-state index contributed by atoms with van der Waals surface area (Å²) in [5, 5.41) is 3.41. The van der Waals surface area contributed by atoms with Crippen LogP contribution in [0.3, 0.4) is 0 Å². The molecule has 0 atom stereocenters. The maximum Gasteiger partial charge on any atom is 0.254 e. The monoisotopic (exact) mass is 447 g/mol. The van der Waals surface area contributed by atoms with E-state index in [9.17, 15) is 9.18 Å². The second kappa shape index (κ2) is 10.5. The number of nitrogens with zero attached hydrogens (tertiary/aromatic N) is 3. The first-order chi connectivity index (χ1) is 14.4. The highest BCUT2D eigenvalue weighted by Gasteiger charge is 2.18. The number of rotatable bonds is 9. The molecule has 30 heavy (non-hydrogen) atoms. The second-order valence-corrected chi connectivity index (χ2v) is 8.39. The van der Waals surface area contributed by atoms with Gasteiger partial charge in [-0.3, -0.25) is 4.79 Å². The molecular formula is C22H23ClFN3O2S. The van der Waals surface area contributed by atoms with E-state index in [0.717, 1.165) is 16.5 Å². The van der Waals surface area contributed by atoms with Gasteiger partial charge in [0.25, 0.3) is 5.91 Å². The van der Waals surface area contributed by atoms with Gasteiger partial charge < -0.3 is 14.5 Å².